The fourth-order valence-electron chi connectivity index (χ4n) is 2.00. The van der Waals surface area contributed by atoms with Crippen LogP contribution in [-0.4, -0.2) is 19.7 Å². The Morgan fingerprint density at radius 3 is 2.79 bits per heavy atom. The lowest BCUT2D eigenvalue weighted by molar-refractivity contribution is 0.756. The van der Waals surface area contributed by atoms with Crippen LogP contribution in [0.25, 0.3) is 10.2 Å². The molecule has 19 heavy (non-hydrogen) atoms. The van der Waals surface area contributed by atoms with Crippen molar-refractivity contribution in [1.29, 1.82) is 0 Å². The van der Waals surface area contributed by atoms with Crippen LogP contribution in [0, 0.1) is 13.8 Å². The molecular weight excluding hydrogens is 260 g/mol. The van der Waals surface area contributed by atoms with Gasteiger partial charge in [-0.2, -0.15) is 10.1 Å². The molecule has 0 aliphatic heterocycles. The molecule has 0 saturated heterocycles. The summed E-state index contributed by atoms with van der Waals surface area (Å²) >= 11 is 1.61. The zero-order valence-corrected chi connectivity index (χ0v) is 11.7. The average Bonchev–Trinajstić information content (AvgIpc) is 2.81. The number of rotatable bonds is 2. The first-order valence-electron chi connectivity index (χ1n) is 5.84. The van der Waals surface area contributed by atoms with Crippen molar-refractivity contribution in [3.63, 3.8) is 0 Å². The van der Waals surface area contributed by atoms with Crippen molar-refractivity contribution >= 4 is 39.0 Å². The zero-order valence-electron chi connectivity index (χ0n) is 10.9. The molecule has 98 valence electrons. The van der Waals surface area contributed by atoms with Gasteiger partial charge in [-0.25, -0.2) is 4.98 Å². The number of nitrogens with two attached hydrogens (primary N) is 1. The van der Waals surface area contributed by atoms with Crippen LogP contribution < -0.4 is 11.1 Å². The lowest BCUT2D eigenvalue weighted by Gasteiger charge is -2.05. The molecule has 3 aromatic heterocycles. The van der Waals surface area contributed by atoms with Gasteiger partial charge >= 0.3 is 0 Å². The molecule has 0 spiro atoms. The van der Waals surface area contributed by atoms with E-state index in [0.29, 0.717) is 0 Å². The van der Waals surface area contributed by atoms with Crippen molar-refractivity contribution in [3.05, 3.63) is 22.8 Å². The minimum absolute atomic E-state index is 0.276. The molecule has 3 rings (SSSR count). The quantitative estimate of drug-likeness (QED) is 0.749. The lowest BCUT2D eigenvalue weighted by Crippen LogP contribution is -2.00. The van der Waals surface area contributed by atoms with E-state index in [1.807, 2.05) is 27.1 Å². The molecule has 0 bridgehead atoms. The predicted octanol–water partition coefficient (Wildman–Crippen LogP) is 2.37. The van der Waals surface area contributed by atoms with Crippen molar-refractivity contribution in [1.82, 2.24) is 19.7 Å². The lowest BCUT2D eigenvalue weighted by atomic mass is 10.3. The molecule has 7 heteroatoms. The zero-order chi connectivity index (χ0) is 13.6. The molecule has 0 aliphatic carbocycles. The number of nitrogens with one attached hydrogen (secondary N) is 1. The molecule has 6 nitrogen and oxygen atoms in total. The summed E-state index contributed by atoms with van der Waals surface area (Å²) in [4.78, 5) is 10.6. The molecule has 0 aliphatic rings. The summed E-state index contributed by atoms with van der Waals surface area (Å²) in [5, 5.41) is 8.57. The Bertz CT molecular complexity index is 757. The number of nitrogen functional groups attached to an aromatic ring is 1. The molecule has 3 N–H and O–H groups in total. The van der Waals surface area contributed by atoms with Crippen LogP contribution in [-0.2, 0) is 7.05 Å². The summed E-state index contributed by atoms with van der Waals surface area (Å²) in [6, 6.07) is 2.06. The van der Waals surface area contributed by atoms with Gasteiger partial charge in [0.25, 0.3) is 0 Å². The van der Waals surface area contributed by atoms with Gasteiger partial charge < -0.3 is 11.1 Å². The second-order valence-electron chi connectivity index (χ2n) is 4.43. The fraction of sp³-hybridized carbons (Fsp3) is 0.250. The Kier molecular flexibility index (Phi) is 2.63. The molecule has 0 saturated carbocycles. The van der Waals surface area contributed by atoms with E-state index in [-0.39, 0.29) is 5.95 Å². The number of anilines is 3. The van der Waals surface area contributed by atoms with Gasteiger partial charge in [-0.15, -0.1) is 11.3 Å². The number of nitrogens with zero attached hydrogens (tertiary/aromatic N) is 4. The van der Waals surface area contributed by atoms with Gasteiger partial charge in [0.2, 0.25) is 5.95 Å². The number of hydrogen-bond donors (Lipinski definition) is 2. The maximum absolute atomic E-state index is 5.75. The summed E-state index contributed by atoms with van der Waals surface area (Å²) in [6.07, 6.45) is 1.92. The van der Waals surface area contributed by atoms with Crippen molar-refractivity contribution in [2.75, 3.05) is 11.1 Å². The second kappa shape index (κ2) is 4.20. The van der Waals surface area contributed by atoms with Gasteiger partial charge in [0, 0.05) is 18.1 Å². The maximum Gasteiger partial charge on any atom is 0.223 e. The molecule has 0 fully saturated rings. The molecule has 0 atom stereocenters. The van der Waals surface area contributed by atoms with E-state index in [1.165, 1.54) is 4.88 Å². The largest absolute Gasteiger partial charge is 0.368 e. The molecule has 0 radical (unpaired) electrons. The number of thiophene rings is 1. The number of aryl methyl sites for hydroxylation is 3. The van der Waals surface area contributed by atoms with Crippen LogP contribution in [0.3, 0.4) is 0 Å². The third-order valence-corrected chi connectivity index (χ3v) is 3.74. The minimum atomic E-state index is 0.276. The average molecular weight is 274 g/mol. The van der Waals surface area contributed by atoms with E-state index in [0.717, 1.165) is 27.4 Å². The first-order chi connectivity index (χ1) is 9.02. The molecule has 3 aromatic rings. The van der Waals surface area contributed by atoms with E-state index in [4.69, 9.17) is 5.73 Å². The highest BCUT2D eigenvalue weighted by molar-refractivity contribution is 7.18. The molecular formula is C12H14N6S. The molecule has 3 heterocycles. The Balaban J connectivity index is 2.11. The van der Waals surface area contributed by atoms with Gasteiger partial charge in [0.15, 0.2) is 0 Å². The standard InChI is InChI=1S/C12H14N6S/c1-6-4-8-10(15-12(13)16-11(8)19-6)14-9-5-18(3)17-7(9)2/h4-5H,1-3H3,(H3,13,14,15,16). The fourth-order valence-corrected chi connectivity index (χ4v) is 2.89. The van der Waals surface area contributed by atoms with Crippen LogP contribution in [0.15, 0.2) is 12.3 Å². The highest BCUT2D eigenvalue weighted by atomic mass is 32.1. The van der Waals surface area contributed by atoms with E-state index < -0.39 is 0 Å². The van der Waals surface area contributed by atoms with Crippen molar-refractivity contribution in [2.45, 2.75) is 13.8 Å². The van der Waals surface area contributed by atoms with Gasteiger partial charge in [-0.3, -0.25) is 4.68 Å². The van der Waals surface area contributed by atoms with Crippen LogP contribution >= 0.6 is 11.3 Å². The predicted molar refractivity (Wildman–Crippen MR) is 77.8 cm³/mol. The summed E-state index contributed by atoms with van der Waals surface area (Å²) in [5.74, 6) is 1.00. The first kappa shape index (κ1) is 11.9. The van der Waals surface area contributed by atoms with Gasteiger partial charge in [0.05, 0.1) is 16.8 Å². The van der Waals surface area contributed by atoms with Crippen LogP contribution in [0.5, 0.6) is 0 Å². The smallest absolute Gasteiger partial charge is 0.223 e. The first-order valence-corrected chi connectivity index (χ1v) is 6.65. The van der Waals surface area contributed by atoms with Gasteiger partial charge in [-0.1, -0.05) is 0 Å². The van der Waals surface area contributed by atoms with Crippen LogP contribution in [0.4, 0.5) is 17.5 Å². The Morgan fingerprint density at radius 1 is 1.32 bits per heavy atom. The summed E-state index contributed by atoms with van der Waals surface area (Å²) in [5.41, 5.74) is 7.59. The molecule has 0 amide bonds. The summed E-state index contributed by atoms with van der Waals surface area (Å²) in [7, 11) is 1.89. The normalized spacial score (nSPS) is 11.1. The highest BCUT2D eigenvalue weighted by Gasteiger charge is 2.11. The van der Waals surface area contributed by atoms with Gasteiger partial charge in [-0.05, 0) is 19.9 Å². The van der Waals surface area contributed by atoms with Crippen molar-refractivity contribution in [3.8, 4) is 0 Å². The second-order valence-corrected chi connectivity index (χ2v) is 5.67. The molecule has 0 unspecified atom stereocenters. The van der Waals surface area contributed by atoms with E-state index >= 15 is 0 Å². The van der Waals surface area contributed by atoms with Gasteiger partial charge in [0.1, 0.15) is 10.6 Å². The van der Waals surface area contributed by atoms with E-state index in [9.17, 15) is 0 Å². The van der Waals surface area contributed by atoms with E-state index in [1.54, 1.807) is 16.0 Å². The van der Waals surface area contributed by atoms with Crippen molar-refractivity contribution in [2.24, 2.45) is 7.05 Å². The van der Waals surface area contributed by atoms with E-state index in [2.05, 4.69) is 26.4 Å². The summed E-state index contributed by atoms with van der Waals surface area (Å²) in [6.45, 7) is 3.99. The molecule has 0 aromatic carbocycles. The third kappa shape index (κ3) is 2.12. The Morgan fingerprint density at radius 2 is 2.11 bits per heavy atom. The highest BCUT2D eigenvalue weighted by Crippen LogP contribution is 2.31. The SMILES string of the molecule is Cc1cc2c(Nc3cn(C)nc3C)nc(N)nc2s1. The Hall–Kier alpha value is -2.15. The van der Waals surface area contributed by atoms with Crippen LogP contribution in [0.2, 0.25) is 0 Å². The maximum atomic E-state index is 5.75. The number of aromatic nitrogens is 4. The van der Waals surface area contributed by atoms with Crippen LogP contribution in [0.1, 0.15) is 10.6 Å². The monoisotopic (exact) mass is 274 g/mol. The third-order valence-electron chi connectivity index (χ3n) is 2.80. The topological polar surface area (TPSA) is 81.7 Å². The summed E-state index contributed by atoms with van der Waals surface area (Å²) < 4.78 is 1.76. The van der Waals surface area contributed by atoms with Crippen molar-refractivity contribution < 1.29 is 0 Å². The minimum Gasteiger partial charge on any atom is -0.368 e. The number of fused-ring (bicyclic) bond motifs is 1. The number of hydrogen-bond acceptors (Lipinski definition) is 6. The Labute approximate surface area is 114 Å².